The molecule has 1 atom stereocenters. The number of aryl methyl sites for hydroxylation is 1. The van der Waals surface area contributed by atoms with Gasteiger partial charge in [0, 0.05) is 0 Å². The highest BCUT2D eigenvalue weighted by Crippen LogP contribution is 2.28. The number of hydrogen-bond acceptors (Lipinski definition) is 5. The Kier molecular flexibility index (Phi) is 4.81. The van der Waals surface area contributed by atoms with E-state index in [0.29, 0.717) is 23.4 Å². The Morgan fingerprint density at radius 3 is 2.79 bits per heavy atom. The van der Waals surface area contributed by atoms with Crippen LogP contribution in [0.15, 0.2) is 54.6 Å². The zero-order valence-corrected chi connectivity index (χ0v) is 15.5. The average Bonchev–Trinajstić information content (AvgIpc) is 3.07. The zero-order valence-electron chi connectivity index (χ0n) is 15.5. The predicted molar refractivity (Wildman–Crippen MR) is 102 cm³/mol. The Hall–Kier alpha value is -3.59. The number of hydrogen-bond donors (Lipinski definition) is 0. The van der Waals surface area contributed by atoms with E-state index in [1.54, 1.807) is 11.6 Å². The normalized spacial score (nSPS) is 15.2. The second kappa shape index (κ2) is 7.57. The Bertz CT molecular complexity index is 1050. The third-order valence-electron chi connectivity index (χ3n) is 4.83. The molecule has 0 amide bonds. The SMILES string of the molecule is Cc1nn(-c2ccccc2)c(COC(=O)C2COc3ccccc3C2)c1C#N. The first kappa shape index (κ1) is 17.8. The standard InChI is InChI=1S/C22H19N3O3/c1-15-19(12-23)20(25(24-15)18-8-3-2-4-9-18)14-28-22(26)17-11-16-7-5-6-10-21(16)27-13-17/h2-10,17H,11,13-14H2,1H3. The molecule has 0 radical (unpaired) electrons. The summed E-state index contributed by atoms with van der Waals surface area (Å²) in [5.74, 6) is 0.114. The molecule has 28 heavy (non-hydrogen) atoms. The summed E-state index contributed by atoms with van der Waals surface area (Å²) in [6.07, 6.45) is 0.580. The first-order valence-electron chi connectivity index (χ1n) is 9.08. The summed E-state index contributed by atoms with van der Waals surface area (Å²) >= 11 is 0. The molecule has 1 aromatic heterocycles. The maximum absolute atomic E-state index is 12.6. The van der Waals surface area contributed by atoms with Crippen LogP contribution in [0.25, 0.3) is 5.69 Å². The van der Waals surface area contributed by atoms with Gasteiger partial charge in [-0.3, -0.25) is 4.79 Å². The van der Waals surface area contributed by atoms with Crippen molar-refractivity contribution in [3.05, 3.63) is 77.1 Å². The number of nitriles is 1. The van der Waals surface area contributed by atoms with Crippen molar-refractivity contribution in [2.24, 2.45) is 5.92 Å². The molecule has 6 heteroatoms. The highest BCUT2D eigenvalue weighted by molar-refractivity contribution is 5.73. The zero-order chi connectivity index (χ0) is 19.5. The Morgan fingerprint density at radius 1 is 1.25 bits per heavy atom. The van der Waals surface area contributed by atoms with Crippen molar-refractivity contribution in [2.75, 3.05) is 6.61 Å². The molecule has 0 bridgehead atoms. The van der Waals surface area contributed by atoms with E-state index in [1.165, 1.54) is 0 Å². The summed E-state index contributed by atoms with van der Waals surface area (Å²) in [5, 5.41) is 14.0. The van der Waals surface area contributed by atoms with Crippen molar-refractivity contribution in [3.63, 3.8) is 0 Å². The number of carbonyl (C=O) groups is 1. The first-order chi connectivity index (χ1) is 13.7. The lowest BCUT2D eigenvalue weighted by atomic mass is 9.97. The van der Waals surface area contributed by atoms with E-state index < -0.39 is 0 Å². The third-order valence-corrected chi connectivity index (χ3v) is 4.83. The molecule has 3 aromatic rings. The number of rotatable bonds is 4. The van der Waals surface area contributed by atoms with Crippen LogP contribution in [0, 0.1) is 24.2 Å². The van der Waals surface area contributed by atoms with E-state index in [0.717, 1.165) is 17.0 Å². The maximum Gasteiger partial charge on any atom is 0.313 e. The molecule has 0 N–H and O–H groups in total. The van der Waals surface area contributed by atoms with Gasteiger partial charge in [0.05, 0.1) is 23.0 Å². The van der Waals surface area contributed by atoms with Crippen molar-refractivity contribution >= 4 is 5.97 Å². The summed E-state index contributed by atoms with van der Waals surface area (Å²) in [5.41, 5.74) is 3.41. The molecule has 0 fully saturated rings. The van der Waals surface area contributed by atoms with Crippen LogP contribution >= 0.6 is 0 Å². The summed E-state index contributed by atoms with van der Waals surface area (Å²) in [4.78, 5) is 12.6. The minimum absolute atomic E-state index is 0.0182. The van der Waals surface area contributed by atoms with Crippen LogP contribution in [0.4, 0.5) is 0 Å². The van der Waals surface area contributed by atoms with Crippen molar-refractivity contribution in [1.82, 2.24) is 9.78 Å². The van der Waals surface area contributed by atoms with E-state index in [1.807, 2.05) is 54.6 Å². The minimum Gasteiger partial charge on any atom is -0.492 e. The second-order valence-corrected chi connectivity index (χ2v) is 6.69. The van der Waals surface area contributed by atoms with Crippen LogP contribution in [-0.4, -0.2) is 22.4 Å². The van der Waals surface area contributed by atoms with Gasteiger partial charge in [-0.05, 0) is 37.1 Å². The fourth-order valence-electron chi connectivity index (χ4n) is 3.37. The molecule has 0 spiro atoms. The quantitative estimate of drug-likeness (QED) is 0.656. The number of nitrogens with zero attached hydrogens (tertiary/aromatic N) is 3. The monoisotopic (exact) mass is 373 g/mol. The minimum atomic E-state index is -0.366. The highest BCUT2D eigenvalue weighted by atomic mass is 16.5. The van der Waals surface area contributed by atoms with E-state index in [-0.39, 0.29) is 25.1 Å². The van der Waals surface area contributed by atoms with Crippen molar-refractivity contribution in [3.8, 4) is 17.5 Å². The van der Waals surface area contributed by atoms with Crippen LogP contribution < -0.4 is 4.74 Å². The van der Waals surface area contributed by atoms with E-state index in [2.05, 4.69) is 11.2 Å². The van der Waals surface area contributed by atoms with Crippen LogP contribution in [0.1, 0.15) is 22.5 Å². The van der Waals surface area contributed by atoms with Gasteiger partial charge in [0.2, 0.25) is 0 Å². The van der Waals surface area contributed by atoms with Gasteiger partial charge < -0.3 is 9.47 Å². The fraction of sp³-hybridized carbons (Fsp3) is 0.227. The van der Waals surface area contributed by atoms with Gasteiger partial charge >= 0.3 is 5.97 Å². The van der Waals surface area contributed by atoms with Crippen LogP contribution in [0.5, 0.6) is 5.75 Å². The molecule has 4 rings (SSSR count). The molecule has 1 unspecified atom stereocenters. The number of para-hydroxylation sites is 2. The lowest BCUT2D eigenvalue weighted by molar-refractivity contribution is -0.151. The third kappa shape index (κ3) is 3.35. The first-order valence-corrected chi connectivity index (χ1v) is 9.08. The largest absolute Gasteiger partial charge is 0.492 e. The summed E-state index contributed by atoms with van der Waals surface area (Å²) in [6.45, 7) is 2.04. The Labute approximate surface area is 162 Å². The van der Waals surface area contributed by atoms with Crippen molar-refractivity contribution < 1.29 is 14.3 Å². The van der Waals surface area contributed by atoms with Crippen molar-refractivity contribution in [2.45, 2.75) is 20.0 Å². The van der Waals surface area contributed by atoms with Gasteiger partial charge in [-0.25, -0.2) is 4.68 Å². The van der Waals surface area contributed by atoms with E-state index in [4.69, 9.17) is 9.47 Å². The van der Waals surface area contributed by atoms with Crippen LogP contribution in [0.3, 0.4) is 0 Å². The number of aromatic nitrogens is 2. The molecular weight excluding hydrogens is 354 g/mol. The molecule has 1 aliphatic rings. The predicted octanol–water partition coefficient (Wildman–Crippen LogP) is 3.35. The molecule has 1 aliphatic heterocycles. The lowest BCUT2D eigenvalue weighted by Crippen LogP contribution is -2.29. The number of benzene rings is 2. The lowest BCUT2D eigenvalue weighted by Gasteiger charge is -2.23. The van der Waals surface area contributed by atoms with E-state index in [9.17, 15) is 10.1 Å². The number of carbonyl (C=O) groups excluding carboxylic acids is 1. The van der Waals surface area contributed by atoms with Gasteiger partial charge in [0.25, 0.3) is 0 Å². The smallest absolute Gasteiger partial charge is 0.313 e. The number of ether oxygens (including phenoxy) is 2. The summed E-state index contributed by atoms with van der Waals surface area (Å²) in [7, 11) is 0. The highest BCUT2D eigenvalue weighted by Gasteiger charge is 2.28. The molecule has 2 heterocycles. The fourth-order valence-corrected chi connectivity index (χ4v) is 3.37. The average molecular weight is 373 g/mol. The van der Waals surface area contributed by atoms with Crippen LogP contribution in [0.2, 0.25) is 0 Å². The van der Waals surface area contributed by atoms with Gasteiger partial charge in [-0.2, -0.15) is 10.4 Å². The van der Waals surface area contributed by atoms with Gasteiger partial charge in [-0.1, -0.05) is 36.4 Å². The van der Waals surface area contributed by atoms with Gasteiger partial charge in [0.15, 0.2) is 0 Å². The summed E-state index contributed by atoms with van der Waals surface area (Å²) < 4.78 is 12.9. The number of fused-ring (bicyclic) bond motifs is 1. The summed E-state index contributed by atoms with van der Waals surface area (Å²) in [6, 6.07) is 19.3. The maximum atomic E-state index is 12.6. The van der Waals surface area contributed by atoms with Crippen molar-refractivity contribution in [1.29, 1.82) is 5.26 Å². The molecule has 140 valence electrons. The van der Waals surface area contributed by atoms with E-state index >= 15 is 0 Å². The second-order valence-electron chi connectivity index (χ2n) is 6.69. The molecular formula is C22H19N3O3. The molecule has 0 saturated heterocycles. The van der Waals surface area contributed by atoms with Gasteiger partial charge in [-0.15, -0.1) is 0 Å². The Balaban J connectivity index is 1.52. The molecule has 6 nitrogen and oxygen atoms in total. The number of esters is 1. The van der Waals surface area contributed by atoms with Crippen LogP contribution in [-0.2, 0) is 22.6 Å². The van der Waals surface area contributed by atoms with Gasteiger partial charge in [0.1, 0.15) is 30.6 Å². The molecule has 0 saturated carbocycles. The topological polar surface area (TPSA) is 77.1 Å². The molecule has 2 aromatic carbocycles. The molecule has 0 aliphatic carbocycles. The Morgan fingerprint density at radius 2 is 2.00 bits per heavy atom.